The van der Waals surface area contributed by atoms with E-state index in [1.165, 1.54) is 22.9 Å². The number of amides is 1. The monoisotopic (exact) mass is 398 g/mol. The third-order valence-electron chi connectivity index (χ3n) is 4.85. The van der Waals surface area contributed by atoms with Crippen LogP contribution in [0.4, 0.5) is 0 Å². The molecule has 2 aromatic heterocycles. The van der Waals surface area contributed by atoms with E-state index in [9.17, 15) is 4.79 Å². The molecule has 0 fully saturated rings. The fourth-order valence-corrected chi connectivity index (χ4v) is 5.11. The number of benzene rings is 1. The van der Waals surface area contributed by atoms with Gasteiger partial charge in [-0.15, -0.1) is 21.5 Å². The molecular weight excluding hydrogens is 376 g/mol. The summed E-state index contributed by atoms with van der Waals surface area (Å²) >= 11 is 3.15. The third-order valence-corrected chi connectivity index (χ3v) is 6.78. The highest BCUT2D eigenvalue weighted by Gasteiger charge is 2.27. The van der Waals surface area contributed by atoms with Gasteiger partial charge in [0, 0.05) is 19.6 Å². The second-order valence-corrected chi connectivity index (χ2v) is 8.82. The second kappa shape index (κ2) is 7.86. The average molecular weight is 399 g/mol. The molecule has 0 spiro atoms. The van der Waals surface area contributed by atoms with Crippen LogP contribution in [0.5, 0.6) is 0 Å². The molecule has 0 saturated carbocycles. The molecule has 1 aliphatic heterocycles. The predicted octanol–water partition coefficient (Wildman–Crippen LogP) is 4.09. The topological polar surface area (TPSA) is 51.0 Å². The molecule has 0 aliphatic carbocycles. The van der Waals surface area contributed by atoms with E-state index in [1.807, 2.05) is 29.3 Å². The number of aromatic nitrogens is 3. The summed E-state index contributed by atoms with van der Waals surface area (Å²) in [6.45, 7) is 6.30. The number of hydrogen-bond donors (Lipinski definition) is 0. The van der Waals surface area contributed by atoms with Crippen LogP contribution in [-0.4, -0.2) is 37.4 Å². The van der Waals surface area contributed by atoms with Crippen LogP contribution in [0, 0.1) is 0 Å². The lowest BCUT2D eigenvalue weighted by atomic mass is 10.00. The summed E-state index contributed by atoms with van der Waals surface area (Å²) < 4.78 is 2.09. The lowest BCUT2D eigenvalue weighted by Crippen LogP contribution is -2.40. The van der Waals surface area contributed by atoms with E-state index in [0.717, 1.165) is 35.4 Å². The van der Waals surface area contributed by atoms with Crippen molar-refractivity contribution in [1.29, 1.82) is 0 Å². The zero-order valence-electron chi connectivity index (χ0n) is 15.5. The molecule has 140 valence electrons. The highest BCUT2D eigenvalue weighted by Crippen LogP contribution is 2.30. The minimum atomic E-state index is -0.194. The fraction of sp³-hybridized carbons (Fsp3) is 0.350. The minimum absolute atomic E-state index is 0.165. The van der Waals surface area contributed by atoms with Gasteiger partial charge in [-0.2, -0.15) is 0 Å². The minimum Gasteiger partial charge on any atom is -0.337 e. The number of thioether (sulfide) groups is 1. The Labute approximate surface area is 167 Å². The SMILES string of the molecule is CCn1c(S[C@H](C)C(=O)N2CCc3ccccc3C2)nnc1-c1cccs1. The Morgan fingerprint density at radius 1 is 1.22 bits per heavy atom. The van der Waals surface area contributed by atoms with Crippen molar-refractivity contribution in [2.75, 3.05) is 6.54 Å². The highest BCUT2D eigenvalue weighted by molar-refractivity contribution is 8.00. The summed E-state index contributed by atoms with van der Waals surface area (Å²) in [7, 11) is 0. The molecule has 3 aromatic rings. The summed E-state index contributed by atoms with van der Waals surface area (Å²) in [5.41, 5.74) is 2.61. The first kappa shape index (κ1) is 18.3. The summed E-state index contributed by atoms with van der Waals surface area (Å²) in [4.78, 5) is 16.1. The summed E-state index contributed by atoms with van der Waals surface area (Å²) in [6, 6.07) is 12.5. The van der Waals surface area contributed by atoms with Crippen LogP contribution in [0.3, 0.4) is 0 Å². The molecule has 0 unspecified atom stereocenters. The average Bonchev–Trinajstić information content (AvgIpc) is 3.36. The van der Waals surface area contributed by atoms with Crippen molar-refractivity contribution in [2.24, 2.45) is 0 Å². The van der Waals surface area contributed by atoms with Crippen LogP contribution in [0.2, 0.25) is 0 Å². The molecule has 1 amide bonds. The lowest BCUT2D eigenvalue weighted by molar-refractivity contribution is -0.131. The maximum absolute atomic E-state index is 13.0. The van der Waals surface area contributed by atoms with Crippen molar-refractivity contribution in [2.45, 2.75) is 43.8 Å². The van der Waals surface area contributed by atoms with Crippen LogP contribution in [0.15, 0.2) is 46.9 Å². The van der Waals surface area contributed by atoms with Gasteiger partial charge in [0.15, 0.2) is 11.0 Å². The molecule has 7 heteroatoms. The Hall–Kier alpha value is -2.12. The molecule has 4 rings (SSSR count). The first-order valence-corrected chi connectivity index (χ1v) is 10.9. The van der Waals surface area contributed by atoms with E-state index in [4.69, 9.17) is 0 Å². The van der Waals surface area contributed by atoms with E-state index < -0.39 is 0 Å². The van der Waals surface area contributed by atoms with Crippen molar-refractivity contribution in [1.82, 2.24) is 19.7 Å². The van der Waals surface area contributed by atoms with Crippen LogP contribution in [-0.2, 0) is 24.3 Å². The van der Waals surface area contributed by atoms with Gasteiger partial charge < -0.3 is 9.47 Å². The van der Waals surface area contributed by atoms with E-state index in [1.54, 1.807) is 11.3 Å². The van der Waals surface area contributed by atoms with Gasteiger partial charge in [0.05, 0.1) is 10.1 Å². The second-order valence-electron chi connectivity index (χ2n) is 6.57. The van der Waals surface area contributed by atoms with Gasteiger partial charge in [0.25, 0.3) is 0 Å². The van der Waals surface area contributed by atoms with Gasteiger partial charge in [-0.3, -0.25) is 4.79 Å². The Morgan fingerprint density at radius 2 is 2.04 bits per heavy atom. The smallest absolute Gasteiger partial charge is 0.236 e. The largest absolute Gasteiger partial charge is 0.337 e. The Morgan fingerprint density at radius 3 is 2.78 bits per heavy atom. The summed E-state index contributed by atoms with van der Waals surface area (Å²) in [5, 5.41) is 11.4. The van der Waals surface area contributed by atoms with Gasteiger partial charge >= 0.3 is 0 Å². The van der Waals surface area contributed by atoms with E-state index in [0.29, 0.717) is 6.54 Å². The molecule has 5 nitrogen and oxygen atoms in total. The predicted molar refractivity (Wildman–Crippen MR) is 110 cm³/mol. The van der Waals surface area contributed by atoms with Gasteiger partial charge in [0.1, 0.15) is 0 Å². The Bertz CT molecular complexity index is 935. The van der Waals surface area contributed by atoms with Gasteiger partial charge in [-0.1, -0.05) is 42.1 Å². The van der Waals surface area contributed by atoms with Gasteiger partial charge in [-0.25, -0.2) is 0 Å². The quantitative estimate of drug-likeness (QED) is 0.608. The molecule has 0 radical (unpaired) electrons. The van der Waals surface area contributed by atoms with E-state index in [-0.39, 0.29) is 11.2 Å². The fourth-order valence-electron chi connectivity index (χ4n) is 3.40. The van der Waals surface area contributed by atoms with Crippen molar-refractivity contribution in [3.05, 3.63) is 52.9 Å². The van der Waals surface area contributed by atoms with Crippen molar-refractivity contribution < 1.29 is 4.79 Å². The van der Waals surface area contributed by atoms with E-state index in [2.05, 4.69) is 46.0 Å². The normalized spacial score (nSPS) is 14.8. The van der Waals surface area contributed by atoms with Crippen molar-refractivity contribution in [3.63, 3.8) is 0 Å². The van der Waals surface area contributed by atoms with Crippen LogP contribution in [0.25, 0.3) is 10.7 Å². The number of nitrogens with zero attached hydrogens (tertiary/aromatic N) is 4. The number of carbonyl (C=O) groups excluding carboxylic acids is 1. The lowest BCUT2D eigenvalue weighted by Gasteiger charge is -2.30. The van der Waals surface area contributed by atoms with Crippen LogP contribution >= 0.6 is 23.1 Å². The third kappa shape index (κ3) is 3.66. The maximum atomic E-state index is 13.0. The molecule has 1 atom stereocenters. The van der Waals surface area contributed by atoms with Gasteiger partial charge in [-0.05, 0) is 42.8 Å². The zero-order chi connectivity index (χ0) is 18.8. The number of hydrogen-bond acceptors (Lipinski definition) is 5. The Balaban J connectivity index is 1.48. The number of carbonyl (C=O) groups is 1. The molecular formula is C20H22N4OS2. The molecule has 3 heterocycles. The number of fused-ring (bicyclic) bond motifs is 1. The molecule has 0 saturated heterocycles. The molecule has 27 heavy (non-hydrogen) atoms. The Kier molecular flexibility index (Phi) is 5.31. The molecule has 1 aliphatic rings. The van der Waals surface area contributed by atoms with Crippen LogP contribution in [0.1, 0.15) is 25.0 Å². The van der Waals surface area contributed by atoms with E-state index >= 15 is 0 Å². The standard InChI is InChI=1S/C20H22N4OS2/c1-3-24-18(17-9-6-12-26-17)21-22-20(24)27-14(2)19(25)23-11-10-15-7-4-5-8-16(15)13-23/h4-9,12,14H,3,10-11,13H2,1-2H3/t14-/m1/s1. The first-order chi connectivity index (χ1) is 13.2. The number of rotatable bonds is 5. The molecule has 0 N–H and O–H groups in total. The number of thiophene rings is 1. The van der Waals surface area contributed by atoms with Crippen molar-refractivity contribution >= 4 is 29.0 Å². The summed E-state index contributed by atoms with van der Waals surface area (Å²) in [6.07, 6.45) is 0.924. The zero-order valence-corrected chi connectivity index (χ0v) is 17.1. The van der Waals surface area contributed by atoms with Crippen LogP contribution < -0.4 is 0 Å². The molecule has 1 aromatic carbocycles. The summed E-state index contributed by atoms with van der Waals surface area (Å²) in [5.74, 6) is 1.04. The van der Waals surface area contributed by atoms with Crippen molar-refractivity contribution in [3.8, 4) is 10.7 Å². The highest BCUT2D eigenvalue weighted by atomic mass is 32.2. The van der Waals surface area contributed by atoms with Gasteiger partial charge in [0.2, 0.25) is 5.91 Å². The first-order valence-electron chi connectivity index (χ1n) is 9.16. The molecule has 0 bridgehead atoms. The maximum Gasteiger partial charge on any atom is 0.236 e.